The van der Waals surface area contributed by atoms with Crippen LogP contribution in [0, 0.1) is 0 Å². The smallest absolute Gasteiger partial charge is 1.00 e. The second-order valence-electron chi connectivity index (χ2n) is 0.283. The van der Waals surface area contributed by atoms with Crippen LogP contribution >= 0.6 is 0 Å². The monoisotopic (exact) mass is 179 g/mol. The molecule has 0 spiro atoms. The first-order valence-electron chi connectivity index (χ1n) is 0.651. The topological polar surface area (TPSA) is 57.5 Å². The van der Waals surface area contributed by atoms with Crippen molar-refractivity contribution in [2.45, 2.75) is 0 Å². The summed E-state index contributed by atoms with van der Waals surface area (Å²) < 4.78 is 0. The maximum atomic E-state index is 8.56. The zero-order valence-corrected chi connectivity index (χ0v) is 6.63. The van der Waals surface area contributed by atoms with Gasteiger partial charge in [-0.2, -0.15) is 0 Å². The van der Waals surface area contributed by atoms with E-state index >= 15 is 0 Å². The number of rotatable bonds is 0. The van der Waals surface area contributed by atoms with Gasteiger partial charge in [-0.05, 0) is 0 Å². The average molecular weight is 179 g/mol. The van der Waals surface area contributed by atoms with Crippen LogP contribution in [-0.2, 0) is 32.7 Å². The molecule has 7 heavy (non-hydrogen) atoms. The molecule has 0 aliphatic heterocycles. The summed E-state index contributed by atoms with van der Waals surface area (Å²) >= 11 is 0. The molecule has 0 heterocycles. The van der Waals surface area contributed by atoms with E-state index in [0.717, 1.165) is 0 Å². The van der Waals surface area contributed by atoms with Crippen molar-refractivity contribution in [3.63, 3.8) is 0 Å². The van der Waals surface area contributed by atoms with Crippen molar-refractivity contribution >= 4 is 6.16 Å². The van der Waals surface area contributed by atoms with Crippen LogP contribution in [0.15, 0.2) is 0 Å². The van der Waals surface area contributed by atoms with Crippen molar-refractivity contribution in [2.24, 2.45) is 0 Å². The summed E-state index contributed by atoms with van der Waals surface area (Å²) in [6.07, 6.45) is -1.83. The fourth-order valence-corrected chi connectivity index (χ4v) is 0. The molecule has 0 atom stereocenters. The van der Waals surface area contributed by atoms with Gasteiger partial charge in [0.1, 0.15) is 0 Å². The molecule has 0 saturated carbocycles. The Morgan fingerprint density at radius 2 is 1.43 bits per heavy atom. The Morgan fingerprint density at radius 3 is 1.43 bits per heavy atom. The molecule has 3 nitrogen and oxygen atoms in total. The SMILES string of the molecule is F.O=C(O)O.[H-].[Li+].[Y]. The van der Waals surface area contributed by atoms with Crippen molar-refractivity contribution in [3.8, 4) is 0 Å². The molecule has 0 saturated heterocycles. The summed E-state index contributed by atoms with van der Waals surface area (Å²) in [7, 11) is 0. The Kier molecular flexibility index (Phi) is 55.8. The maximum Gasteiger partial charge on any atom is 1.00 e. The first-order valence-corrected chi connectivity index (χ1v) is 0.651. The largest absolute Gasteiger partial charge is 1.00 e. The van der Waals surface area contributed by atoms with Crippen molar-refractivity contribution < 1.29 is 72.7 Å². The summed E-state index contributed by atoms with van der Waals surface area (Å²) in [4.78, 5) is 8.56. The van der Waals surface area contributed by atoms with E-state index in [4.69, 9.17) is 15.0 Å². The van der Waals surface area contributed by atoms with Gasteiger partial charge in [-0.25, -0.2) is 4.79 Å². The van der Waals surface area contributed by atoms with E-state index in [9.17, 15) is 0 Å². The fraction of sp³-hybridized carbons (Fsp3) is 0. The van der Waals surface area contributed by atoms with E-state index in [1.807, 2.05) is 0 Å². The molecule has 0 rings (SSSR count). The summed E-state index contributed by atoms with van der Waals surface area (Å²) in [5, 5.41) is 13.9. The van der Waals surface area contributed by atoms with Crippen molar-refractivity contribution in [1.82, 2.24) is 0 Å². The first kappa shape index (κ1) is 24.7. The zero-order chi connectivity index (χ0) is 3.58. The number of carbonyl (C=O) groups is 1. The molecule has 0 fully saturated rings. The normalized spacial score (nSPS) is 3.43. The molecule has 0 unspecified atom stereocenters. The molecule has 6 heteroatoms. The zero-order valence-electron chi connectivity index (χ0n) is 4.79. The number of carboxylic acid groups (broad SMARTS) is 2. The molecule has 2 N–H and O–H groups in total. The first-order chi connectivity index (χ1) is 1.73. The molecule has 1 radical (unpaired) electrons. The van der Waals surface area contributed by atoms with Crippen LogP contribution in [0.25, 0.3) is 0 Å². The van der Waals surface area contributed by atoms with Crippen LogP contribution in [0.5, 0.6) is 0 Å². The Hall–Kier alpha value is 0.901. The van der Waals surface area contributed by atoms with Crippen LogP contribution in [0.4, 0.5) is 9.50 Å². The Morgan fingerprint density at radius 1 is 1.43 bits per heavy atom. The van der Waals surface area contributed by atoms with Gasteiger partial charge < -0.3 is 11.6 Å². The maximum absolute atomic E-state index is 8.56. The van der Waals surface area contributed by atoms with Gasteiger partial charge in [0.2, 0.25) is 0 Å². The standard InChI is InChI=1S/CH2O3.FH.Li.Y.H/c2-1(3)4;;;;/h(H2,2,3,4);1H;;;/q;;+1;;-1. The summed E-state index contributed by atoms with van der Waals surface area (Å²) in [5.74, 6) is 0. The number of hydrogen-bond donors (Lipinski definition) is 2. The minimum atomic E-state index is -1.83. The average Bonchev–Trinajstić information content (AvgIpc) is 0.811. The van der Waals surface area contributed by atoms with Gasteiger partial charge in [-0.1, -0.05) is 0 Å². The molecule has 0 aliphatic rings. The van der Waals surface area contributed by atoms with Gasteiger partial charge in [0.05, 0.1) is 0 Å². The quantitative estimate of drug-likeness (QED) is 0.403. The molecule has 0 amide bonds. The fourth-order valence-electron chi connectivity index (χ4n) is 0. The summed E-state index contributed by atoms with van der Waals surface area (Å²) in [5.41, 5.74) is 0. The van der Waals surface area contributed by atoms with Gasteiger partial charge in [-0.3, -0.25) is 4.70 Å². The minimum Gasteiger partial charge on any atom is -1.00 e. The Labute approximate surface area is 78.4 Å². The van der Waals surface area contributed by atoms with Crippen LogP contribution < -0.4 is 18.9 Å². The van der Waals surface area contributed by atoms with E-state index in [0.29, 0.717) is 0 Å². The van der Waals surface area contributed by atoms with Gasteiger partial charge in [0.15, 0.2) is 0 Å². The molecule has 0 aromatic heterocycles. The van der Waals surface area contributed by atoms with Gasteiger partial charge in [-0.15, -0.1) is 0 Å². The van der Waals surface area contributed by atoms with E-state index in [1.54, 1.807) is 0 Å². The molecule has 0 aromatic rings. The Balaban J connectivity index is -0.00000000750. The second-order valence-corrected chi connectivity index (χ2v) is 0.283. The van der Waals surface area contributed by atoms with Crippen molar-refractivity contribution in [1.29, 1.82) is 0 Å². The van der Waals surface area contributed by atoms with Crippen molar-refractivity contribution in [3.05, 3.63) is 0 Å². The van der Waals surface area contributed by atoms with Crippen LogP contribution in [0.2, 0.25) is 0 Å². The summed E-state index contributed by atoms with van der Waals surface area (Å²) in [6, 6.07) is 0. The van der Waals surface area contributed by atoms with Crippen LogP contribution in [0.1, 0.15) is 1.43 Å². The molecular formula is CH4FLiO3Y. The number of hydrogen-bond acceptors (Lipinski definition) is 1. The predicted molar refractivity (Wildman–Crippen MR) is 14.3 cm³/mol. The third-order valence-electron chi connectivity index (χ3n) is 0. The molecule has 0 aliphatic carbocycles. The third kappa shape index (κ3) is 204. The molecule has 0 aromatic carbocycles. The van der Waals surface area contributed by atoms with Crippen molar-refractivity contribution in [2.75, 3.05) is 0 Å². The van der Waals surface area contributed by atoms with Gasteiger partial charge in [0.25, 0.3) is 0 Å². The van der Waals surface area contributed by atoms with Gasteiger partial charge in [0, 0.05) is 32.7 Å². The van der Waals surface area contributed by atoms with E-state index < -0.39 is 6.16 Å². The predicted octanol–water partition coefficient (Wildman–Crippen LogP) is -2.51. The molecular weight excluding hydrogens is 175 g/mol. The number of halogens is 1. The molecule has 0 bridgehead atoms. The van der Waals surface area contributed by atoms with E-state index in [1.165, 1.54) is 0 Å². The Bertz CT molecular complexity index is 42.3. The molecule has 37 valence electrons. The van der Waals surface area contributed by atoms with Gasteiger partial charge >= 0.3 is 25.0 Å². The minimum absolute atomic E-state index is 0. The third-order valence-corrected chi connectivity index (χ3v) is 0. The van der Waals surface area contributed by atoms with E-state index in [2.05, 4.69) is 0 Å². The van der Waals surface area contributed by atoms with Crippen LogP contribution in [-0.4, -0.2) is 16.4 Å². The van der Waals surface area contributed by atoms with E-state index in [-0.39, 0.29) is 57.7 Å². The second kappa shape index (κ2) is 15.8. The van der Waals surface area contributed by atoms with Crippen LogP contribution in [0.3, 0.4) is 0 Å². The summed E-state index contributed by atoms with van der Waals surface area (Å²) in [6.45, 7) is 0.